The molecular formula is C13H8F2O. The molecule has 16 heavy (non-hydrogen) atoms. The summed E-state index contributed by atoms with van der Waals surface area (Å²) in [5, 5.41) is 1.66. The van der Waals surface area contributed by atoms with Crippen molar-refractivity contribution in [1.29, 1.82) is 0 Å². The molecular weight excluding hydrogens is 210 g/mol. The number of rotatable bonds is 0. The van der Waals surface area contributed by atoms with Crippen LogP contribution in [-0.2, 0) is 0 Å². The van der Waals surface area contributed by atoms with E-state index >= 15 is 0 Å². The van der Waals surface area contributed by atoms with Crippen LogP contribution < -0.4 is 4.74 Å². The molecule has 0 bridgehead atoms. The molecule has 0 amide bonds. The van der Waals surface area contributed by atoms with Gasteiger partial charge >= 0.3 is 6.11 Å². The fourth-order valence-corrected chi connectivity index (χ4v) is 1.99. The van der Waals surface area contributed by atoms with E-state index in [2.05, 4.69) is 11.3 Å². The molecule has 1 heterocycles. The summed E-state index contributed by atoms with van der Waals surface area (Å²) in [7, 11) is 0. The summed E-state index contributed by atoms with van der Waals surface area (Å²) >= 11 is 0. The van der Waals surface area contributed by atoms with E-state index in [1.165, 1.54) is 0 Å². The average Bonchev–Trinajstić information content (AvgIpc) is 2.50. The SMILES string of the molecule is C=C1c2c(ccc3ccccc23)OC1(F)F. The normalized spacial score (nSPS) is 17.2. The maximum atomic E-state index is 13.3. The summed E-state index contributed by atoms with van der Waals surface area (Å²) < 4.78 is 31.3. The monoisotopic (exact) mass is 218 g/mol. The van der Waals surface area contributed by atoms with Gasteiger partial charge in [-0.05, 0) is 16.8 Å². The third-order valence-electron chi connectivity index (χ3n) is 2.78. The van der Waals surface area contributed by atoms with Crippen molar-refractivity contribution in [2.45, 2.75) is 6.11 Å². The van der Waals surface area contributed by atoms with Gasteiger partial charge in [0.2, 0.25) is 0 Å². The molecule has 0 atom stereocenters. The second-order valence-corrected chi connectivity index (χ2v) is 3.76. The minimum Gasteiger partial charge on any atom is -0.428 e. The smallest absolute Gasteiger partial charge is 0.426 e. The van der Waals surface area contributed by atoms with Gasteiger partial charge in [-0.2, -0.15) is 8.78 Å². The Bertz CT molecular complexity index is 602. The Kier molecular flexibility index (Phi) is 1.64. The molecule has 2 aromatic rings. The first-order valence-electron chi connectivity index (χ1n) is 4.88. The van der Waals surface area contributed by atoms with Gasteiger partial charge in [0, 0.05) is 5.56 Å². The molecule has 80 valence electrons. The van der Waals surface area contributed by atoms with E-state index in [9.17, 15) is 8.78 Å². The van der Waals surface area contributed by atoms with Crippen molar-refractivity contribution in [3.05, 3.63) is 48.5 Å². The Morgan fingerprint density at radius 3 is 2.62 bits per heavy atom. The topological polar surface area (TPSA) is 9.23 Å². The van der Waals surface area contributed by atoms with E-state index in [0.29, 0.717) is 5.56 Å². The first kappa shape index (κ1) is 9.33. The number of ether oxygens (including phenoxy) is 1. The van der Waals surface area contributed by atoms with Gasteiger partial charge in [0.1, 0.15) is 5.75 Å². The lowest BCUT2D eigenvalue weighted by Gasteiger charge is -2.08. The summed E-state index contributed by atoms with van der Waals surface area (Å²) in [6, 6.07) is 10.7. The van der Waals surface area contributed by atoms with Gasteiger partial charge in [-0.25, -0.2) is 0 Å². The Hall–Kier alpha value is -1.90. The van der Waals surface area contributed by atoms with Gasteiger partial charge in [0.25, 0.3) is 0 Å². The Morgan fingerprint density at radius 2 is 1.81 bits per heavy atom. The summed E-state index contributed by atoms with van der Waals surface area (Å²) in [4.78, 5) is 0. The quantitative estimate of drug-likeness (QED) is 0.652. The molecule has 0 spiro atoms. The number of hydrogen-bond acceptors (Lipinski definition) is 1. The van der Waals surface area contributed by atoms with E-state index in [1.54, 1.807) is 18.2 Å². The molecule has 1 nitrogen and oxygen atoms in total. The molecule has 0 saturated carbocycles. The van der Waals surface area contributed by atoms with Crippen LogP contribution in [0.3, 0.4) is 0 Å². The zero-order valence-electron chi connectivity index (χ0n) is 8.34. The second-order valence-electron chi connectivity index (χ2n) is 3.76. The predicted molar refractivity (Wildman–Crippen MR) is 58.6 cm³/mol. The highest BCUT2D eigenvalue weighted by molar-refractivity contribution is 5.98. The lowest BCUT2D eigenvalue weighted by atomic mass is 9.99. The van der Waals surface area contributed by atoms with E-state index in [1.807, 2.05) is 18.2 Å². The molecule has 0 saturated heterocycles. The van der Waals surface area contributed by atoms with Gasteiger partial charge in [0.05, 0.1) is 5.57 Å². The minimum atomic E-state index is -3.29. The number of benzene rings is 2. The Morgan fingerprint density at radius 1 is 1.06 bits per heavy atom. The van der Waals surface area contributed by atoms with Crippen LogP contribution >= 0.6 is 0 Å². The molecule has 0 aromatic heterocycles. The highest BCUT2D eigenvalue weighted by atomic mass is 19.3. The molecule has 0 unspecified atom stereocenters. The third-order valence-corrected chi connectivity index (χ3v) is 2.78. The summed E-state index contributed by atoms with van der Waals surface area (Å²) in [5.74, 6) is 0.203. The summed E-state index contributed by atoms with van der Waals surface area (Å²) in [5.41, 5.74) is 0.155. The van der Waals surface area contributed by atoms with Crippen LogP contribution in [0.2, 0.25) is 0 Å². The molecule has 3 heteroatoms. The molecule has 2 aromatic carbocycles. The average molecular weight is 218 g/mol. The van der Waals surface area contributed by atoms with Crippen molar-refractivity contribution in [3.63, 3.8) is 0 Å². The van der Waals surface area contributed by atoms with Crippen molar-refractivity contribution in [3.8, 4) is 5.75 Å². The second kappa shape index (κ2) is 2.82. The fourth-order valence-electron chi connectivity index (χ4n) is 1.99. The van der Waals surface area contributed by atoms with Crippen LogP contribution in [0.15, 0.2) is 43.0 Å². The van der Waals surface area contributed by atoms with Gasteiger partial charge in [-0.3, -0.25) is 0 Å². The van der Waals surface area contributed by atoms with Gasteiger partial charge < -0.3 is 4.74 Å². The first-order valence-corrected chi connectivity index (χ1v) is 4.88. The van der Waals surface area contributed by atoms with Gasteiger partial charge in [-0.1, -0.05) is 36.9 Å². The summed E-state index contributed by atoms with van der Waals surface area (Å²) in [6.07, 6.45) is -3.29. The third kappa shape index (κ3) is 1.08. The number of alkyl halides is 2. The predicted octanol–water partition coefficient (Wildman–Crippen LogP) is 3.84. The largest absolute Gasteiger partial charge is 0.428 e. The minimum absolute atomic E-state index is 0.203. The van der Waals surface area contributed by atoms with Crippen molar-refractivity contribution >= 4 is 16.3 Å². The molecule has 0 N–H and O–H groups in total. The molecule has 1 aliphatic heterocycles. The lowest BCUT2D eigenvalue weighted by Crippen LogP contribution is -2.19. The number of fused-ring (bicyclic) bond motifs is 3. The van der Waals surface area contributed by atoms with Crippen LogP contribution in [0, 0.1) is 0 Å². The van der Waals surface area contributed by atoms with E-state index in [-0.39, 0.29) is 11.3 Å². The van der Waals surface area contributed by atoms with Crippen molar-refractivity contribution in [2.75, 3.05) is 0 Å². The zero-order chi connectivity index (χ0) is 11.3. The van der Waals surface area contributed by atoms with Crippen LogP contribution in [0.25, 0.3) is 16.3 Å². The van der Waals surface area contributed by atoms with Gasteiger partial charge in [-0.15, -0.1) is 0 Å². The van der Waals surface area contributed by atoms with Crippen molar-refractivity contribution < 1.29 is 13.5 Å². The molecule has 0 aliphatic carbocycles. The maximum absolute atomic E-state index is 13.3. The highest BCUT2D eigenvalue weighted by Gasteiger charge is 2.44. The lowest BCUT2D eigenvalue weighted by molar-refractivity contribution is -0.111. The number of hydrogen-bond donors (Lipinski definition) is 0. The Balaban J connectivity index is 2.39. The summed E-state index contributed by atoms with van der Waals surface area (Å²) in [6.45, 7) is 3.42. The molecule has 1 aliphatic rings. The fraction of sp³-hybridized carbons (Fsp3) is 0.0769. The van der Waals surface area contributed by atoms with Crippen LogP contribution in [0.5, 0.6) is 5.75 Å². The maximum Gasteiger partial charge on any atom is 0.426 e. The number of halogens is 2. The van der Waals surface area contributed by atoms with E-state index < -0.39 is 6.11 Å². The van der Waals surface area contributed by atoms with E-state index in [4.69, 9.17) is 0 Å². The standard InChI is InChI=1S/C13H8F2O/c1-8-12-10-5-3-2-4-9(10)6-7-11(12)16-13(8,14)15/h2-7H,1H2. The van der Waals surface area contributed by atoms with Crippen LogP contribution in [0.1, 0.15) is 5.56 Å². The Labute approximate surface area is 91.0 Å². The highest BCUT2D eigenvalue weighted by Crippen LogP contribution is 2.47. The van der Waals surface area contributed by atoms with Crippen LogP contribution in [0.4, 0.5) is 8.78 Å². The van der Waals surface area contributed by atoms with Gasteiger partial charge in [0.15, 0.2) is 0 Å². The van der Waals surface area contributed by atoms with Crippen LogP contribution in [-0.4, -0.2) is 6.11 Å². The molecule has 3 rings (SSSR count). The molecule has 0 fully saturated rings. The van der Waals surface area contributed by atoms with Crippen molar-refractivity contribution in [2.24, 2.45) is 0 Å². The van der Waals surface area contributed by atoms with Crippen molar-refractivity contribution in [1.82, 2.24) is 0 Å². The molecule has 0 radical (unpaired) electrons. The zero-order valence-corrected chi connectivity index (χ0v) is 8.34. The first-order chi connectivity index (χ1) is 7.59. The van der Waals surface area contributed by atoms with E-state index in [0.717, 1.165) is 10.8 Å².